The van der Waals surface area contributed by atoms with Crippen LogP contribution in [0, 0.1) is 0 Å². The van der Waals surface area contributed by atoms with Crippen molar-refractivity contribution in [2.24, 2.45) is 0 Å². The molecule has 0 atom stereocenters. The van der Waals surface area contributed by atoms with Crippen molar-refractivity contribution in [1.29, 1.82) is 0 Å². The van der Waals surface area contributed by atoms with E-state index in [9.17, 15) is 0 Å². The van der Waals surface area contributed by atoms with Gasteiger partial charge in [-0.15, -0.1) is 11.3 Å². The maximum absolute atomic E-state index is 4.23. The maximum atomic E-state index is 4.23. The number of thiophene rings is 1. The smallest absolute Gasteiger partial charge is 0.0276 e. The highest BCUT2D eigenvalue weighted by atomic mass is 32.1. The number of fused-ring (bicyclic) bond motifs is 1. The SMILES string of the molecule is C=c1sc2c(c1=C(CC)CC=CC)CCC2. The molecule has 0 N–H and O–H groups in total. The van der Waals surface area contributed by atoms with E-state index in [4.69, 9.17) is 0 Å². The Hall–Kier alpha value is -0.820. The highest BCUT2D eigenvalue weighted by Gasteiger charge is 2.16. The van der Waals surface area contributed by atoms with E-state index in [-0.39, 0.29) is 0 Å². The van der Waals surface area contributed by atoms with Crippen LogP contribution in [-0.4, -0.2) is 0 Å². The fourth-order valence-electron chi connectivity index (χ4n) is 2.55. The molecule has 1 aromatic rings. The molecule has 86 valence electrons. The Balaban J connectivity index is 2.59. The van der Waals surface area contributed by atoms with Gasteiger partial charge in [0.1, 0.15) is 0 Å². The molecule has 2 rings (SSSR count). The molecular weight excluding hydrogens is 212 g/mol. The van der Waals surface area contributed by atoms with Crippen molar-refractivity contribution >= 4 is 23.5 Å². The van der Waals surface area contributed by atoms with Gasteiger partial charge in [0, 0.05) is 9.41 Å². The molecule has 0 spiro atoms. The summed E-state index contributed by atoms with van der Waals surface area (Å²) in [5, 5.41) is 1.51. The number of allylic oxidation sites excluding steroid dienone is 2. The number of aryl methyl sites for hydroxylation is 1. The van der Waals surface area contributed by atoms with Gasteiger partial charge in [0.05, 0.1) is 0 Å². The lowest BCUT2D eigenvalue weighted by Gasteiger charge is -2.01. The Labute approximate surface area is 102 Å². The van der Waals surface area contributed by atoms with Gasteiger partial charge in [-0.25, -0.2) is 0 Å². The average molecular weight is 232 g/mol. The van der Waals surface area contributed by atoms with Gasteiger partial charge in [-0.3, -0.25) is 0 Å². The van der Waals surface area contributed by atoms with Crippen molar-refractivity contribution in [2.75, 3.05) is 0 Å². The summed E-state index contributed by atoms with van der Waals surface area (Å²) in [6, 6.07) is 0. The van der Waals surface area contributed by atoms with Gasteiger partial charge in [-0.05, 0) is 49.8 Å². The predicted molar refractivity (Wildman–Crippen MR) is 74.2 cm³/mol. The van der Waals surface area contributed by atoms with E-state index in [1.807, 2.05) is 11.3 Å². The van der Waals surface area contributed by atoms with Crippen LogP contribution in [0.25, 0.3) is 12.2 Å². The molecule has 16 heavy (non-hydrogen) atoms. The van der Waals surface area contributed by atoms with E-state index in [1.165, 1.54) is 29.0 Å². The molecule has 1 aliphatic carbocycles. The van der Waals surface area contributed by atoms with Gasteiger partial charge >= 0.3 is 0 Å². The zero-order chi connectivity index (χ0) is 11.5. The topological polar surface area (TPSA) is 0 Å². The summed E-state index contributed by atoms with van der Waals surface area (Å²) in [6.45, 7) is 8.59. The lowest BCUT2D eigenvalue weighted by Crippen LogP contribution is -2.23. The van der Waals surface area contributed by atoms with Crippen LogP contribution < -0.4 is 9.75 Å². The van der Waals surface area contributed by atoms with Crippen LogP contribution in [0.2, 0.25) is 0 Å². The van der Waals surface area contributed by atoms with Gasteiger partial charge in [0.2, 0.25) is 0 Å². The minimum atomic E-state index is 1.10. The fraction of sp³-hybridized carbons (Fsp3) is 0.467. The molecule has 0 nitrogen and oxygen atoms in total. The summed E-state index contributed by atoms with van der Waals surface area (Å²) < 4.78 is 1.30. The Morgan fingerprint density at radius 2 is 2.25 bits per heavy atom. The molecule has 0 aliphatic heterocycles. The monoisotopic (exact) mass is 232 g/mol. The van der Waals surface area contributed by atoms with Crippen molar-refractivity contribution < 1.29 is 0 Å². The molecule has 0 radical (unpaired) electrons. The van der Waals surface area contributed by atoms with E-state index < -0.39 is 0 Å². The van der Waals surface area contributed by atoms with Crippen molar-refractivity contribution in [1.82, 2.24) is 0 Å². The molecule has 0 unspecified atom stereocenters. The summed E-state index contributed by atoms with van der Waals surface area (Å²) >= 11 is 1.92. The van der Waals surface area contributed by atoms with Crippen molar-refractivity contribution in [2.45, 2.75) is 46.0 Å². The molecule has 0 saturated carbocycles. The zero-order valence-corrected chi connectivity index (χ0v) is 11.1. The van der Waals surface area contributed by atoms with E-state index >= 15 is 0 Å². The molecule has 1 heterocycles. The second kappa shape index (κ2) is 5.01. The van der Waals surface area contributed by atoms with Crippen LogP contribution in [0.1, 0.15) is 43.6 Å². The van der Waals surface area contributed by atoms with Gasteiger partial charge in [-0.1, -0.05) is 31.2 Å². The minimum Gasteiger partial charge on any atom is -0.141 e. The van der Waals surface area contributed by atoms with Crippen molar-refractivity contribution in [3.05, 3.63) is 32.3 Å². The fourth-order valence-corrected chi connectivity index (χ4v) is 3.80. The predicted octanol–water partition coefficient (Wildman–Crippen LogP) is 3.17. The summed E-state index contributed by atoms with van der Waals surface area (Å²) in [7, 11) is 0. The Morgan fingerprint density at radius 1 is 1.44 bits per heavy atom. The first-order valence-corrected chi connectivity index (χ1v) is 7.02. The summed E-state index contributed by atoms with van der Waals surface area (Å²) in [4.78, 5) is 1.60. The third kappa shape index (κ3) is 2.01. The van der Waals surface area contributed by atoms with Crippen LogP contribution in [-0.2, 0) is 12.8 Å². The normalized spacial score (nSPS) is 16.9. The molecular formula is C15H20S. The summed E-state index contributed by atoms with van der Waals surface area (Å²) in [6.07, 6.45) is 10.5. The quantitative estimate of drug-likeness (QED) is 0.702. The molecule has 0 aromatic carbocycles. The largest absolute Gasteiger partial charge is 0.141 e. The van der Waals surface area contributed by atoms with Gasteiger partial charge in [0.25, 0.3) is 0 Å². The molecule has 0 amide bonds. The zero-order valence-electron chi connectivity index (χ0n) is 10.3. The van der Waals surface area contributed by atoms with Crippen molar-refractivity contribution in [3.63, 3.8) is 0 Å². The molecule has 0 bridgehead atoms. The number of rotatable bonds is 3. The minimum absolute atomic E-state index is 1.10. The Morgan fingerprint density at radius 3 is 2.94 bits per heavy atom. The van der Waals surface area contributed by atoms with E-state index in [2.05, 4.69) is 32.6 Å². The first-order valence-electron chi connectivity index (χ1n) is 6.20. The maximum Gasteiger partial charge on any atom is 0.0276 e. The first-order chi connectivity index (χ1) is 7.77. The lowest BCUT2D eigenvalue weighted by molar-refractivity contribution is 0.910. The molecule has 1 aliphatic rings. The molecule has 1 aromatic heterocycles. The first kappa shape index (κ1) is 11.7. The Kier molecular flexibility index (Phi) is 3.65. The molecule has 1 heteroatoms. The summed E-state index contributed by atoms with van der Waals surface area (Å²) in [5.41, 5.74) is 3.19. The van der Waals surface area contributed by atoms with Crippen LogP contribution in [0.5, 0.6) is 0 Å². The Bertz CT molecular complexity index is 502. The van der Waals surface area contributed by atoms with Crippen LogP contribution in [0.15, 0.2) is 12.2 Å². The van der Waals surface area contributed by atoms with Crippen LogP contribution in [0.4, 0.5) is 0 Å². The van der Waals surface area contributed by atoms with Crippen LogP contribution >= 0.6 is 11.3 Å². The standard InChI is InChI=1S/C15H20S/c1-4-6-8-12(5-2)15-11(3)16-14-10-7-9-13(14)15/h4,6H,3,5,7-10H2,1-2H3. The number of hydrogen-bond acceptors (Lipinski definition) is 1. The molecule has 0 fully saturated rings. The van der Waals surface area contributed by atoms with E-state index in [0.29, 0.717) is 0 Å². The van der Waals surface area contributed by atoms with Gasteiger partial charge in [0.15, 0.2) is 0 Å². The van der Waals surface area contributed by atoms with Crippen LogP contribution in [0.3, 0.4) is 0 Å². The number of hydrogen-bond donors (Lipinski definition) is 0. The molecule has 0 saturated heterocycles. The summed E-state index contributed by atoms with van der Waals surface area (Å²) in [5.74, 6) is 0. The second-order valence-electron chi connectivity index (χ2n) is 4.39. The highest BCUT2D eigenvalue weighted by molar-refractivity contribution is 7.10. The van der Waals surface area contributed by atoms with Gasteiger partial charge in [-0.2, -0.15) is 0 Å². The average Bonchev–Trinajstić information content (AvgIpc) is 2.81. The van der Waals surface area contributed by atoms with Crippen molar-refractivity contribution in [3.8, 4) is 0 Å². The third-order valence-corrected chi connectivity index (χ3v) is 4.52. The lowest BCUT2D eigenvalue weighted by atomic mass is 10.0. The third-order valence-electron chi connectivity index (χ3n) is 3.37. The second-order valence-corrected chi connectivity index (χ2v) is 5.58. The highest BCUT2D eigenvalue weighted by Crippen LogP contribution is 2.22. The van der Waals surface area contributed by atoms with E-state index in [1.54, 1.807) is 16.0 Å². The van der Waals surface area contributed by atoms with Gasteiger partial charge < -0.3 is 0 Å². The van der Waals surface area contributed by atoms with E-state index in [0.717, 1.165) is 12.8 Å².